The molecule has 0 amide bonds. The molecule has 1 aliphatic carbocycles. The molecule has 4 aliphatic rings. The number of thioether (sulfide) groups is 1. The van der Waals surface area contributed by atoms with E-state index < -0.39 is 11.7 Å². The van der Waals surface area contributed by atoms with Crippen LogP contribution in [0.25, 0.3) is 0 Å². The molecule has 2 unspecified atom stereocenters. The number of nitrogens with zero attached hydrogens (tertiary/aromatic N) is 4. The van der Waals surface area contributed by atoms with Gasteiger partial charge in [0.25, 0.3) is 0 Å². The quantitative estimate of drug-likeness (QED) is 0.360. The van der Waals surface area contributed by atoms with Gasteiger partial charge in [0, 0.05) is 25.3 Å². The Morgan fingerprint density at radius 1 is 1.11 bits per heavy atom. The maximum atomic E-state index is 12.9. The van der Waals surface area contributed by atoms with E-state index in [0.29, 0.717) is 24.0 Å². The number of hydrogen-bond acceptors (Lipinski definition) is 5. The van der Waals surface area contributed by atoms with E-state index in [-0.39, 0.29) is 5.41 Å². The lowest BCUT2D eigenvalue weighted by Gasteiger charge is -2.27. The normalized spacial score (nSPS) is 32.6. The maximum absolute atomic E-state index is 12.9. The van der Waals surface area contributed by atoms with Crippen LogP contribution in [0.15, 0.2) is 29.4 Å². The molecule has 4 atom stereocenters. The predicted octanol–water partition coefficient (Wildman–Crippen LogP) is 5.62. The van der Waals surface area contributed by atoms with Crippen LogP contribution >= 0.6 is 11.8 Å². The molecule has 3 saturated heterocycles. The Kier molecular flexibility index (Phi) is 6.16. The first-order valence-electron chi connectivity index (χ1n) is 12.9. The van der Waals surface area contributed by atoms with E-state index in [1.54, 1.807) is 23.9 Å². The number of fused-ring (bicyclic) bond motifs is 2. The summed E-state index contributed by atoms with van der Waals surface area (Å²) in [7, 11) is 2.09. The second-order valence-corrected chi connectivity index (χ2v) is 12.1. The lowest BCUT2D eigenvalue weighted by Crippen LogP contribution is -2.25. The van der Waals surface area contributed by atoms with E-state index in [9.17, 15) is 13.2 Å². The third-order valence-corrected chi connectivity index (χ3v) is 9.77. The lowest BCUT2D eigenvalue weighted by molar-refractivity contribution is -0.137. The minimum Gasteiger partial charge on any atom is -0.375 e. The Balaban J connectivity index is 0.957. The highest BCUT2D eigenvalue weighted by atomic mass is 32.2. The first-order valence-corrected chi connectivity index (χ1v) is 13.9. The summed E-state index contributed by atoms with van der Waals surface area (Å²) >= 11 is 1.79. The van der Waals surface area contributed by atoms with Crippen molar-refractivity contribution in [1.29, 1.82) is 0 Å². The average molecular weight is 507 g/mol. The van der Waals surface area contributed by atoms with Gasteiger partial charge < -0.3 is 14.2 Å². The Bertz CT molecular complexity index is 1050. The minimum absolute atomic E-state index is 0.272. The molecule has 2 bridgehead atoms. The highest BCUT2D eigenvalue weighted by Gasteiger charge is 2.57. The van der Waals surface area contributed by atoms with Crippen LogP contribution in [0.5, 0.6) is 0 Å². The van der Waals surface area contributed by atoms with Gasteiger partial charge in [0.05, 0.1) is 17.8 Å². The highest BCUT2D eigenvalue weighted by molar-refractivity contribution is 7.99. The summed E-state index contributed by atoms with van der Waals surface area (Å²) < 4.78 is 46.7. The van der Waals surface area contributed by atoms with Crippen molar-refractivity contribution in [2.45, 2.75) is 80.3 Å². The third kappa shape index (κ3) is 4.76. The van der Waals surface area contributed by atoms with Crippen molar-refractivity contribution in [1.82, 2.24) is 19.7 Å². The zero-order valence-electron chi connectivity index (χ0n) is 20.1. The van der Waals surface area contributed by atoms with Crippen LogP contribution in [0.3, 0.4) is 0 Å². The van der Waals surface area contributed by atoms with Crippen LogP contribution in [0.4, 0.5) is 13.2 Å². The Morgan fingerprint density at radius 3 is 2.57 bits per heavy atom. The number of ether oxygens (including phenoxy) is 1. The van der Waals surface area contributed by atoms with Crippen molar-refractivity contribution >= 4 is 11.8 Å². The number of aromatic nitrogens is 3. The van der Waals surface area contributed by atoms with Gasteiger partial charge in [0.1, 0.15) is 5.82 Å². The molecule has 190 valence electrons. The molecule has 9 heteroatoms. The van der Waals surface area contributed by atoms with Gasteiger partial charge in [0.2, 0.25) is 0 Å². The van der Waals surface area contributed by atoms with E-state index in [2.05, 4.69) is 26.7 Å². The van der Waals surface area contributed by atoms with Crippen molar-refractivity contribution in [3.63, 3.8) is 0 Å². The number of halogens is 3. The smallest absolute Gasteiger partial charge is 0.375 e. The minimum atomic E-state index is -4.26. The number of alkyl halides is 3. The molecule has 3 aliphatic heterocycles. The summed E-state index contributed by atoms with van der Waals surface area (Å²) in [5.74, 6) is 2.99. The van der Waals surface area contributed by atoms with Gasteiger partial charge in [-0.3, -0.25) is 0 Å². The van der Waals surface area contributed by atoms with Crippen LogP contribution < -0.4 is 0 Å². The van der Waals surface area contributed by atoms with Crippen LogP contribution in [0.1, 0.15) is 73.7 Å². The van der Waals surface area contributed by atoms with Gasteiger partial charge in [0.15, 0.2) is 5.16 Å². The topological polar surface area (TPSA) is 43.2 Å². The maximum Gasteiger partial charge on any atom is 0.416 e. The summed E-state index contributed by atoms with van der Waals surface area (Å²) in [6.45, 7) is 3.20. The van der Waals surface area contributed by atoms with Crippen molar-refractivity contribution in [2.75, 3.05) is 25.4 Å². The summed E-state index contributed by atoms with van der Waals surface area (Å²) in [5, 5.41) is 10.0. The monoisotopic (exact) mass is 506 g/mol. The molecule has 0 radical (unpaired) electrons. The fourth-order valence-electron chi connectivity index (χ4n) is 6.68. The van der Waals surface area contributed by atoms with Gasteiger partial charge >= 0.3 is 6.18 Å². The van der Waals surface area contributed by atoms with Crippen molar-refractivity contribution < 1.29 is 17.9 Å². The highest BCUT2D eigenvalue weighted by Crippen LogP contribution is 2.64. The Labute approximate surface area is 208 Å². The molecule has 1 aromatic heterocycles. The second-order valence-electron chi connectivity index (χ2n) is 11.0. The third-order valence-electron chi connectivity index (χ3n) is 8.67. The SMILES string of the molecule is Cn1c(SCCCN2CC[C@@]3(C[C@H]3c3ccc(C(F)(F)F)cc3)C2)nnc1C1CC2CCC(C1)O2. The van der Waals surface area contributed by atoms with Gasteiger partial charge in [-0.15, -0.1) is 10.2 Å². The van der Waals surface area contributed by atoms with E-state index in [1.165, 1.54) is 25.0 Å². The van der Waals surface area contributed by atoms with E-state index >= 15 is 0 Å². The Hall–Kier alpha value is -1.58. The van der Waals surface area contributed by atoms with Gasteiger partial charge in [-0.1, -0.05) is 23.9 Å². The molecule has 5 nitrogen and oxygen atoms in total. The zero-order valence-corrected chi connectivity index (χ0v) is 21.0. The van der Waals surface area contributed by atoms with Crippen molar-refractivity contribution in [3.05, 3.63) is 41.2 Å². The summed E-state index contributed by atoms with van der Waals surface area (Å²) in [6, 6.07) is 5.83. The molecule has 1 spiro atoms. The van der Waals surface area contributed by atoms with Gasteiger partial charge in [-0.25, -0.2) is 0 Å². The molecule has 4 heterocycles. The predicted molar refractivity (Wildman–Crippen MR) is 129 cm³/mol. The molecule has 1 saturated carbocycles. The second kappa shape index (κ2) is 9.06. The summed E-state index contributed by atoms with van der Waals surface area (Å²) in [6.07, 6.45) is 4.38. The largest absolute Gasteiger partial charge is 0.416 e. The molecule has 6 rings (SSSR count). The fraction of sp³-hybridized carbons (Fsp3) is 0.692. The van der Waals surface area contributed by atoms with E-state index in [4.69, 9.17) is 4.74 Å². The number of benzene rings is 1. The van der Waals surface area contributed by atoms with Crippen LogP contribution in [0, 0.1) is 5.41 Å². The molecule has 2 aromatic rings. The standard InChI is InChI=1S/C26H33F3N4OS/c1-32-23(18-13-20-7-8-21(14-18)34-20)30-31-24(32)35-12-2-10-33-11-9-25(16-33)15-22(25)17-3-5-19(6-4-17)26(27,28)29/h3-6,18,20-22H,2,7-16H2,1H3/t18?,20?,21?,22-,25+/m0/s1. The number of hydrogen-bond donors (Lipinski definition) is 0. The van der Waals surface area contributed by atoms with Gasteiger partial charge in [-0.2, -0.15) is 13.2 Å². The van der Waals surface area contributed by atoms with Gasteiger partial charge in [-0.05, 0) is 87.1 Å². The van der Waals surface area contributed by atoms with Crippen LogP contribution in [-0.2, 0) is 18.0 Å². The molecule has 1 aromatic carbocycles. The van der Waals surface area contributed by atoms with Crippen LogP contribution in [0.2, 0.25) is 0 Å². The van der Waals surface area contributed by atoms with Crippen LogP contribution in [-0.4, -0.2) is 57.3 Å². The zero-order chi connectivity index (χ0) is 24.2. The molecule has 4 fully saturated rings. The molecule has 0 N–H and O–H groups in total. The average Bonchev–Trinajstić information content (AvgIpc) is 3.06. The molecular formula is C26H33F3N4OS. The van der Waals surface area contributed by atoms with Crippen molar-refractivity contribution in [2.24, 2.45) is 12.5 Å². The van der Waals surface area contributed by atoms with E-state index in [1.807, 2.05) is 0 Å². The molecule has 35 heavy (non-hydrogen) atoms. The Morgan fingerprint density at radius 2 is 1.86 bits per heavy atom. The fourth-order valence-corrected chi connectivity index (χ4v) is 7.52. The summed E-state index contributed by atoms with van der Waals surface area (Å²) in [5.41, 5.74) is 0.775. The number of likely N-dealkylation sites (tertiary alicyclic amines) is 1. The molecular weight excluding hydrogens is 473 g/mol. The number of rotatable bonds is 7. The summed E-state index contributed by atoms with van der Waals surface area (Å²) in [4.78, 5) is 2.53. The first-order chi connectivity index (χ1) is 16.8. The van der Waals surface area contributed by atoms with Crippen molar-refractivity contribution in [3.8, 4) is 0 Å². The first kappa shape index (κ1) is 23.8. The lowest BCUT2D eigenvalue weighted by atomic mass is 9.95. The van der Waals surface area contributed by atoms with E-state index in [0.717, 1.165) is 74.0 Å².